The van der Waals surface area contributed by atoms with Gasteiger partial charge in [0, 0.05) is 17.6 Å². The number of hydrogen-bond acceptors (Lipinski definition) is 5. The van der Waals surface area contributed by atoms with Crippen LogP contribution < -0.4 is 10.1 Å². The first-order chi connectivity index (χ1) is 15.5. The third-order valence-electron chi connectivity index (χ3n) is 5.45. The molecule has 1 aromatic carbocycles. The van der Waals surface area contributed by atoms with Crippen LogP contribution in [0, 0.1) is 0 Å². The molecule has 178 valence electrons. The highest BCUT2D eigenvalue weighted by atomic mass is 79.9. The van der Waals surface area contributed by atoms with Crippen molar-refractivity contribution in [2.45, 2.75) is 70.8 Å². The number of hydrogen-bond donors (Lipinski definition) is 1. The molecular weight excluding hydrogens is 476 g/mol. The van der Waals surface area contributed by atoms with Crippen LogP contribution in [0.25, 0.3) is 0 Å². The Labute approximate surface area is 199 Å². The van der Waals surface area contributed by atoms with E-state index in [1.54, 1.807) is 12.1 Å². The number of benzene rings is 1. The summed E-state index contributed by atoms with van der Waals surface area (Å²) in [5.41, 5.74) is 0. The predicted octanol–water partition coefficient (Wildman–Crippen LogP) is 4.23. The lowest BCUT2D eigenvalue weighted by molar-refractivity contribution is -0.152. The molecule has 1 atom stereocenters. The molecule has 0 aromatic heterocycles. The third-order valence-corrected chi connectivity index (χ3v) is 5.98. The molecule has 1 unspecified atom stereocenters. The molecule has 0 radical (unpaired) electrons. The van der Waals surface area contributed by atoms with Gasteiger partial charge in [0.15, 0.2) is 6.61 Å². The van der Waals surface area contributed by atoms with Crippen LogP contribution in [0.3, 0.4) is 0 Å². The van der Waals surface area contributed by atoms with Crippen molar-refractivity contribution in [1.29, 1.82) is 0 Å². The number of nitrogens with zero attached hydrogens (tertiary/aromatic N) is 1. The molecule has 7 nitrogen and oxygen atoms in total. The first-order valence-electron chi connectivity index (χ1n) is 11.6. The van der Waals surface area contributed by atoms with E-state index in [-0.39, 0.29) is 24.8 Å². The normalized spacial score (nSPS) is 15.9. The Morgan fingerprint density at radius 1 is 1.06 bits per heavy atom. The minimum Gasteiger partial charge on any atom is -0.484 e. The van der Waals surface area contributed by atoms with Gasteiger partial charge in [-0.2, -0.15) is 0 Å². The van der Waals surface area contributed by atoms with Gasteiger partial charge in [-0.1, -0.05) is 67.8 Å². The average Bonchev–Trinajstić information content (AvgIpc) is 2.78. The molecule has 0 saturated carbocycles. The highest BCUT2D eigenvalue weighted by molar-refractivity contribution is 9.10. The first kappa shape index (κ1) is 26.2. The van der Waals surface area contributed by atoms with E-state index in [1.165, 1.54) is 37.0 Å². The standard InChI is InChI=1S/C24H35BrN2O5/c1-2-3-4-5-6-7-8-9-16-31-23(29)17-21-24(30)26-14-15-27(21)22(28)18-32-20-12-10-19(25)11-13-20/h10-13,21H,2-9,14-18H2,1H3,(H,26,30). The lowest BCUT2D eigenvalue weighted by atomic mass is 10.1. The summed E-state index contributed by atoms with van der Waals surface area (Å²) >= 11 is 3.35. The van der Waals surface area contributed by atoms with Crippen LogP contribution in [0.5, 0.6) is 5.75 Å². The number of carbonyl (C=O) groups excluding carboxylic acids is 3. The van der Waals surface area contributed by atoms with E-state index in [0.717, 1.165) is 23.7 Å². The summed E-state index contributed by atoms with van der Waals surface area (Å²) in [4.78, 5) is 38.7. The molecule has 8 heteroatoms. The van der Waals surface area contributed by atoms with Crippen molar-refractivity contribution in [3.05, 3.63) is 28.7 Å². The van der Waals surface area contributed by atoms with Crippen molar-refractivity contribution in [3.8, 4) is 5.75 Å². The van der Waals surface area contributed by atoms with Gasteiger partial charge in [-0.05, 0) is 30.7 Å². The van der Waals surface area contributed by atoms with Gasteiger partial charge in [-0.3, -0.25) is 14.4 Å². The highest BCUT2D eigenvalue weighted by Crippen LogP contribution is 2.17. The van der Waals surface area contributed by atoms with E-state index in [9.17, 15) is 14.4 Å². The minimum absolute atomic E-state index is 0.146. The summed E-state index contributed by atoms with van der Waals surface area (Å²) in [6, 6.07) is 6.27. The summed E-state index contributed by atoms with van der Waals surface area (Å²) < 4.78 is 11.8. The number of piperazine rings is 1. The molecule has 1 heterocycles. The largest absolute Gasteiger partial charge is 0.484 e. The Morgan fingerprint density at radius 3 is 2.41 bits per heavy atom. The lowest BCUT2D eigenvalue weighted by Crippen LogP contribution is -2.58. The molecule has 1 aliphatic rings. The smallest absolute Gasteiger partial charge is 0.308 e. The van der Waals surface area contributed by atoms with Crippen molar-refractivity contribution in [2.24, 2.45) is 0 Å². The summed E-state index contributed by atoms with van der Waals surface area (Å²) in [6.45, 7) is 3.05. The van der Waals surface area contributed by atoms with E-state index in [0.29, 0.717) is 25.4 Å². The second-order valence-electron chi connectivity index (χ2n) is 8.04. The Hall–Kier alpha value is -2.09. The van der Waals surface area contributed by atoms with Crippen molar-refractivity contribution in [2.75, 3.05) is 26.3 Å². The molecule has 1 aromatic rings. The van der Waals surface area contributed by atoms with Gasteiger partial charge in [0.2, 0.25) is 5.91 Å². The van der Waals surface area contributed by atoms with Crippen LogP contribution in [0.1, 0.15) is 64.7 Å². The number of rotatable bonds is 14. The number of esters is 1. The number of ether oxygens (including phenoxy) is 2. The van der Waals surface area contributed by atoms with Crippen molar-refractivity contribution >= 4 is 33.7 Å². The lowest BCUT2D eigenvalue weighted by Gasteiger charge is -2.34. The van der Waals surface area contributed by atoms with Crippen LogP contribution in [0.4, 0.5) is 0 Å². The maximum Gasteiger partial charge on any atom is 0.308 e. The number of amides is 2. The minimum atomic E-state index is -0.865. The Kier molecular flexibility index (Phi) is 12.2. The van der Waals surface area contributed by atoms with Gasteiger partial charge in [-0.25, -0.2) is 0 Å². The summed E-state index contributed by atoms with van der Waals surface area (Å²) in [5.74, 6) is -0.563. The van der Waals surface area contributed by atoms with Crippen molar-refractivity contribution in [1.82, 2.24) is 10.2 Å². The van der Waals surface area contributed by atoms with E-state index in [4.69, 9.17) is 9.47 Å². The molecular formula is C24H35BrN2O5. The summed E-state index contributed by atoms with van der Waals surface area (Å²) in [7, 11) is 0. The number of halogens is 1. The quantitative estimate of drug-likeness (QED) is 0.299. The zero-order valence-electron chi connectivity index (χ0n) is 18.9. The Bertz CT molecular complexity index is 726. The molecule has 0 bridgehead atoms. The van der Waals surface area contributed by atoms with Crippen molar-refractivity contribution in [3.63, 3.8) is 0 Å². The molecule has 32 heavy (non-hydrogen) atoms. The SMILES string of the molecule is CCCCCCCCCCOC(=O)CC1C(=O)NCCN1C(=O)COc1ccc(Br)cc1. The van der Waals surface area contributed by atoms with E-state index < -0.39 is 12.0 Å². The van der Waals surface area contributed by atoms with Gasteiger partial charge in [-0.15, -0.1) is 0 Å². The molecule has 0 aliphatic carbocycles. The monoisotopic (exact) mass is 510 g/mol. The molecule has 2 rings (SSSR count). The van der Waals surface area contributed by atoms with E-state index in [1.807, 2.05) is 12.1 Å². The van der Waals surface area contributed by atoms with Crippen molar-refractivity contribution < 1.29 is 23.9 Å². The Balaban J connectivity index is 1.71. The van der Waals surface area contributed by atoms with Gasteiger partial charge in [0.25, 0.3) is 5.91 Å². The molecule has 0 spiro atoms. The van der Waals surface area contributed by atoms with E-state index >= 15 is 0 Å². The fourth-order valence-electron chi connectivity index (χ4n) is 3.61. The van der Waals surface area contributed by atoms with Crippen LogP contribution in [-0.2, 0) is 19.1 Å². The topological polar surface area (TPSA) is 84.9 Å². The van der Waals surface area contributed by atoms with Crippen LogP contribution in [-0.4, -0.2) is 55.0 Å². The zero-order chi connectivity index (χ0) is 23.2. The fraction of sp³-hybridized carbons (Fsp3) is 0.625. The molecule has 1 N–H and O–H groups in total. The molecule has 2 amide bonds. The second kappa shape index (κ2) is 14.9. The number of unbranched alkanes of at least 4 members (excludes halogenated alkanes) is 7. The maximum absolute atomic E-state index is 12.7. The fourth-order valence-corrected chi connectivity index (χ4v) is 3.88. The van der Waals surface area contributed by atoms with Gasteiger partial charge in [0.05, 0.1) is 13.0 Å². The molecule has 1 aliphatic heterocycles. The molecule has 1 fully saturated rings. The summed E-state index contributed by atoms with van der Waals surface area (Å²) in [5, 5.41) is 2.72. The average molecular weight is 511 g/mol. The number of nitrogens with one attached hydrogen (secondary N) is 1. The molecule has 1 saturated heterocycles. The highest BCUT2D eigenvalue weighted by Gasteiger charge is 2.35. The number of carbonyl (C=O) groups is 3. The van der Waals surface area contributed by atoms with Crippen LogP contribution >= 0.6 is 15.9 Å². The van der Waals surface area contributed by atoms with Crippen LogP contribution in [0.2, 0.25) is 0 Å². The maximum atomic E-state index is 12.7. The van der Waals surface area contributed by atoms with Gasteiger partial charge in [0.1, 0.15) is 11.8 Å². The van der Waals surface area contributed by atoms with Crippen LogP contribution in [0.15, 0.2) is 28.7 Å². The third kappa shape index (κ3) is 9.59. The van der Waals surface area contributed by atoms with Gasteiger partial charge >= 0.3 is 5.97 Å². The Morgan fingerprint density at radius 2 is 1.72 bits per heavy atom. The second-order valence-corrected chi connectivity index (χ2v) is 8.95. The predicted molar refractivity (Wildman–Crippen MR) is 126 cm³/mol. The summed E-state index contributed by atoms with van der Waals surface area (Å²) in [6.07, 6.45) is 9.16. The first-order valence-corrected chi connectivity index (χ1v) is 12.4. The zero-order valence-corrected chi connectivity index (χ0v) is 20.5. The van der Waals surface area contributed by atoms with Gasteiger partial charge < -0.3 is 19.7 Å². The van der Waals surface area contributed by atoms with E-state index in [2.05, 4.69) is 28.2 Å².